The molecule has 4 nitrogen and oxygen atoms in total. The van der Waals surface area contributed by atoms with Gasteiger partial charge in [0.2, 0.25) is 0 Å². The van der Waals surface area contributed by atoms with E-state index in [2.05, 4.69) is 5.32 Å². The maximum absolute atomic E-state index is 13.2. The van der Waals surface area contributed by atoms with E-state index in [1.165, 1.54) is 13.8 Å². The number of benzene rings is 1. The fourth-order valence-corrected chi connectivity index (χ4v) is 1.99. The van der Waals surface area contributed by atoms with Crippen molar-refractivity contribution in [2.24, 2.45) is 0 Å². The second-order valence-electron chi connectivity index (χ2n) is 4.86. The van der Waals surface area contributed by atoms with Crippen molar-refractivity contribution in [3.63, 3.8) is 0 Å². The topological polar surface area (TPSA) is 56.2 Å². The van der Waals surface area contributed by atoms with Crippen LogP contribution in [0, 0.1) is 11.2 Å². The van der Waals surface area contributed by atoms with Crippen LogP contribution in [0.25, 0.3) is 0 Å². The highest BCUT2D eigenvalue weighted by atomic mass is 19.4. The Bertz CT molecular complexity index is 595. The Labute approximate surface area is 111 Å². The van der Waals surface area contributed by atoms with Gasteiger partial charge in [0.25, 0.3) is 0 Å². The number of nitrogens with one attached hydrogen (secondary N) is 2. The summed E-state index contributed by atoms with van der Waals surface area (Å²) in [6, 6.07) is 1.57. The summed E-state index contributed by atoms with van der Waals surface area (Å²) in [5, 5.41) is 9.83. The number of urea groups is 1. The SMILES string of the molecule is CC1(C)C(=N)NC(=O)N1c1ccc(F)c(C(F)(F)F)c1. The standard InChI is InChI=1S/C12H11F4N3O/c1-11(2)9(17)18-10(20)19(11)6-3-4-8(13)7(5-6)12(14,15)16/h3-5H,1-2H3,(H2,17,18,20). The fraction of sp³-hybridized carbons (Fsp3) is 0.333. The molecule has 1 aliphatic heterocycles. The van der Waals surface area contributed by atoms with Crippen LogP contribution in [0.2, 0.25) is 0 Å². The van der Waals surface area contributed by atoms with Gasteiger partial charge in [-0.25, -0.2) is 9.18 Å². The number of rotatable bonds is 1. The molecule has 108 valence electrons. The molecule has 0 unspecified atom stereocenters. The van der Waals surface area contributed by atoms with Crippen molar-refractivity contribution in [2.45, 2.75) is 25.6 Å². The first-order chi connectivity index (χ1) is 9.05. The van der Waals surface area contributed by atoms with E-state index in [1.807, 2.05) is 0 Å². The lowest BCUT2D eigenvalue weighted by molar-refractivity contribution is -0.139. The number of amides is 2. The highest BCUT2D eigenvalue weighted by Gasteiger charge is 2.44. The first kappa shape index (κ1) is 14.3. The predicted molar refractivity (Wildman–Crippen MR) is 64.2 cm³/mol. The second-order valence-corrected chi connectivity index (χ2v) is 4.86. The van der Waals surface area contributed by atoms with Crippen LogP contribution in [-0.2, 0) is 6.18 Å². The monoisotopic (exact) mass is 289 g/mol. The molecule has 0 saturated carbocycles. The Morgan fingerprint density at radius 2 is 1.90 bits per heavy atom. The summed E-state index contributed by atoms with van der Waals surface area (Å²) in [4.78, 5) is 12.7. The molecule has 2 rings (SSSR count). The summed E-state index contributed by atoms with van der Waals surface area (Å²) in [5.74, 6) is -1.55. The lowest BCUT2D eigenvalue weighted by Gasteiger charge is -2.29. The number of nitrogens with zero attached hydrogens (tertiary/aromatic N) is 1. The van der Waals surface area contributed by atoms with Crippen LogP contribution >= 0.6 is 0 Å². The second kappa shape index (κ2) is 4.19. The zero-order chi connectivity index (χ0) is 15.3. The number of hydrogen-bond acceptors (Lipinski definition) is 2. The minimum Gasteiger partial charge on any atom is -0.294 e. The third-order valence-corrected chi connectivity index (χ3v) is 3.12. The lowest BCUT2D eigenvalue weighted by atomic mass is 10.0. The molecule has 1 aromatic rings. The Balaban J connectivity index is 2.54. The molecule has 8 heteroatoms. The molecule has 0 aliphatic carbocycles. The van der Waals surface area contributed by atoms with Crippen molar-refractivity contribution >= 4 is 17.6 Å². The summed E-state index contributed by atoms with van der Waals surface area (Å²) in [5.41, 5.74) is -2.70. The van der Waals surface area contributed by atoms with Crippen molar-refractivity contribution in [2.75, 3.05) is 4.90 Å². The van der Waals surface area contributed by atoms with Crippen LogP contribution < -0.4 is 10.2 Å². The Hall–Kier alpha value is -2.12. The molecule has 1 fully saturated rings. The third kappa shape index (κ3) is 2.10. The van der Waals surface area contributed by atoms with Gasteiger partial charge in [-0.3, -0.25) is 15.6 Å². The molecule has 0 bridgehead atoms. The van der Waals surface area contributed by atoms with Crippen molar-refractivity contribution in [1.82, 2.24) is 5.32 Å². The number of carbonyl (C=O) groups excluding carboxylic acids is 1. The Kier molecular flexibility index (Phi) is 2.99. The first-order valence-electron chi connectivity index (χ1n) is 5.62. The zero-order valence-electron chi connectivity index (χ0n) is 10.6. The van der Waals surface area contributed by atoms with Gasteiger partial charge in [-0.2, -0.15) is 13.2 Å². The van der Waals surface area contributed by atoms with Gasteiger partial charge in [0.1, 0.15) is 17.2 Å². The number of halogens is 4. The van der Waals surface area contributed by atoms with Gasteiger partial charge < -0.3 is 0 Å². The average molecular weight is 289 g/mol. The Morgan fingerprint density at radius 1 is 1.30 bits per heavy atom. The molecule has 0 aromatic heterocycles. The summed E-state index contributed by atoms with van der Waals surface area (Å²) in [7, 11) is 0. The van der Waals surface area contributed by atoms with Gasteiger partial charge in [-0.1, -0.05) is 0 Å². The van der Waals surface area contributed by atoms with Gasteiger partial charge in [-0.15, -0.1) is 0 Å². The molecule has 1 saturated heterocycles. The van der Waals surface area contributed by atoms with Crippen LogP contribution in [0.4, 0.5) is 28.0 Å². The number of anilines is 1. The minimum atomic E-state index is -4.85. The summed E-state index contributed by atoms with van der Waals surface area (Å²) < 4.78 is 51.3. The van der Waals surface area contributed by atoms with Crippen LogP contribution in [0.5, 0.6) is 0 Å². The van der Waals surface area contributed by atoms with Crippen molar-refractivity contribution in [3.8, 4) is 0 Å². The number of hydrogen-bond donors (Lipinski definition) is 2. The van der Waals surface area contributed by atoms with E-state index in [0.717, 1.165) is 11.0 Å². The summed E-state index contributed by atoms with van der Waals surface area (Å²) >= 11 is 0. The van der Waals surface area contributed by atoms with E-state index >= 15 is 0 Å². The normalized spacial score (nSPS) is 18.4. The highest BCUT2D eigenvalue weighted by molar-refractivity contribution is 6.17. The van der Waals surface area contributed by atoms with Gasteiger partial charge in [0.05, 0.1) is 5.56 Å². The van der Waals surface area contributed by atoms with E-state index in [4.69, 9.17) is 5.41 Å². The molecule has 1 aromatic carbocycles. The van der Waals surface area contributed by atoms with E-state index in [9.17, 15) is 22.4 Å². The third-order valence-electron chi connectivity index (χ3n) is 3.12. The highest BCUT2D eigenvalue weighted by Crippen LogP contribution is 2.36. The van der Waals surface area contributed by atoms with E-state index in [-0.39, 0.29) is 11.5 Å². The quantitative estimate of drug-likeness (QED) is 0.767. The van der Waals surface area contributed by atoms with Crippen LogP contribution in [0.15, 0.2) is 18.2 Å². The molecule has 2 amide bonds. The number of carbonyl (C=O) groups is 1. The molecule has 20 heavy (non-hydrogen) atoms. The largest absolute Gasteiger partial charge is 0.419 e. The summed E-state index contributed by atoms with van der Waals surface area (Å²) in [6.45, 7) is 3.01. The predicted octanol–water partition coefficient (Wildman–Crippen LogP) is 3.13. The van der Waals surface area contributed by atoms with E-state index < -0.39 is 29.1 Å². The van der Waals surface area contributed by atoms with Crippen molar-refractivity contribution in [1.29, 1.82) is 5.41 Å². The molecule has 2 N–H and O–H groups in total. The maximum atomic E-state index is 13.2. The van der Waals surface area contributed by atoms with E-state index in [1.54, 1.807) is 0 Å². The zero-order valence-corrected chi connectivity index (χ0v) is 10.6. The molecule has 1 aliphatic rings. The summed E-state index contributed by atoms with van der Waals surface area (Å²) in [6.07, 6.45) is -4.85. The number of alkyl halides is 3. The van der Waals surface area contributed by atoms with E-state index in [0.29, 0.717) is 12.1 Å². The minimum absolute atomic E-state index is 0.122. The molecular formula is C12H11F4N3O. The Morgan fingerprint density at radius 3 is 2.35 bits per heavy atom. The first-order valence-corrected chi connectivity index (χ1v) is 5.62. The van der Waals surface area contributed by atoms with Crippen molar-refractivity contribution in [3.05, 3.63) is 29.6 Å². The van der Waals surface area contributed by atoms with Gasteiger partial charge >= 0.3 is 12.2 Å². The van der Waals surface area contributed by atoms with Crippen LogP contribution in [-0.4, -0.2) is 17.4 Å². The van der Waals surface area contributed by atoms with Gasteiger partial charge in [0, 0.05) is 5.69 Å². The lowest BCUT2D eigenvalue weighted by Crippen LogP contribution is -2.44. The van der Waals surface area contributed by atoms with Crippen LogP contribution in [0.1, 0.15) is 19.4 Å². The van der Waals surface area contributed by atoms with Gasteiger partial charge in [0.15, 0.2) is 0 Å². The fourth-order valence-electron chi connectivity index (χ4n) is 1.99. The maximum Gasteiger partial charge on any atom is 0.419 e. The molecule has 0 spiro atoms. The molecule has 1 heterocycles. The average Bonchev–Trinajstić information content (AvgIpc) is 2.48. The molecule has 0 radical (unpaired) electrons. The van der Waals surface area contributed by atoms with Gasteiger partial charge in [-0.05, 0) is 32.0 Å². The smallest absolute Gasteiger partial charge is 0.294 e. The molecule has 0 atom stereocenters. The van der Waals surface area contributed by atoms with Crippen molar-refractivity contribution < 1.29 is 22.4 Å². The van der Waals surface area contributed by atoms with Crippen LogP contribution in [0.3, 0.4) is 0 Å². The molecular weight excluding hydrogens is 278 g/mol. The number of amidine groups is 1.